The van der Waals surface area contributed by atoms with Crippen LogP contribution in [0, 0.1) is 5.41 Å². The van der Waals surface area contributed by atoms with E-state index in [0.717, 1.165) is 57.4 Å². The van der Waals surface area contributed by atoms with Crippen LogP contribution in [0.5, 0.6) is 0 Å². The van der Waals surface area contributed by atoms with Gasteiger partial charge in [-0.1, -0.05) is 6.92 Å². The summed E-state index contributed by atoms with van der Waals surface area (Å²) < 4.78 is 17.2. The van der Waals surface area contributed by atoms with Gasteiger partial charge in [0.05, 0.1) is 6.61 Å². The zero-order valence-corrected chi connectivity index (χ0v) is 13.0. The average Bonchev–Trinajstić information content (AvgIpc) is 2.43. The Kier molecular flexibility index (Phi) is 6.26. The van der Waals surface area contributed by atoms with Gasteiger partial charge < -0.3 is 15.0 Å². The van der Waals surface area contributed by atoms with Gasteiger partial charge >= 0.3 is 0 Å². The Morgan fingerprint density at radius 2 is 2.16 bits per heavy atom. The van der Waals surface area contributed by atoms with E-state index in [4.69, 9.17) is 4.74 Å². The SMILES string of the molecule is CCCNCC1(CN2CCS(=O)CC2)CCCOC1. The van der Waals surface area contributed by atoms with E-state index < -0.39 is 10.8 Å². The summed E-state index contributed by atoms with van der Waals surface area (Å²) in [6.07, 6.45) is 3.61. The summed E-state index contributed by atoms with van der Waals surface area (Å²) in [6.45, 7) is 9.22. The average molecular weight is 288 g/mol. The third kappa shape index (κ3) is 4.81. The molecule has 0 bridgehead atoms. The molecule has 2 aliphatic rings. The predicted molar refractivity (Wildman–Crippen MR) is 80.0 cm³/mol. The maximum atomic E-state index is 11.4. The van der Waals surface area contributed by atoms with Crippen molar-refractivity contribution in [3.8, 4) is 0 Å². The molecule has 4 nitrogen and oxygen atoms in total. The molecule has 0 aromatic rings. The molecule has 5 heteroatoms. The van der Waals surface area contributed by atoms with E-state index in [1.807, 2.05) is 0 Å². The van der Waals surface area contributed by atoms with Gasteiger partial charge in [-0.05, 0) is 25.8 Å². The molecule has 2 aliphatic heterocycles. The fourth-order valence-corrected chi connectivity index (χ4v) is 4.20. The van der Waals surface area contributed by atoms with Gasteiger partial charge in [0.15, 0.2) is 0 Å². The number of rotatable bonds is 6. The number of nitrogens with one attached hydrogen (secondary N) is 1. The summed E-state index contributed by atoms with van der Waals surface area (Å²) in [5, 5.41) is 3.58. The second-order valence-electron chi connectivity index (χ2n) is 5.96. The van der Waals surface area contributed by atoms with Gasteiger partial charge in [0.2, 0.25) is 0 Å². The first-order valence-electron chi connectivity index (χ1n) is 7.60. The van der Waals surface area contributed by atoms with E-state index in [-0.39, 0.29) is 5.41 Å². The van der Waals surface area contributed by atoms with E-state index in [9.17, 15) is 4.21 Å². The molecule has 19 heavy (non-hydrogen) atoms. The van der Waals surface area contributed by atoms with Gasteiger partial charge in [-0.2, -0.15) is 0 Å². The van der Waals surface area contributed by atoms with Gasteiger partial charge in [0.1, 0.15) is 0 Å². The monoisotopic (exact) mass is 288 g/mol. The molecule has 2 saturated heterocycles. The van der Waals surface area contributed by atoms with Gasteiger partial charge in [0.25, 0.3) is 0 Å². The Morgan fingerprint density at radius 1 is 1.37 bits per heavy atom. The normalized spacial score (nSPS) is 30.6. The van der Waals surface area contributed by atoms with Crippen LogP contribution < -0.4 is 5.32 Å². The lowest BCUT2D eigenvalue weighted by Crippen LogP contribution is -2.51. The molecule has 0 aromatic heterocycles. The summed E-state index contributed by atoms with van der Waals surface area (Å²) in [7, 11) is -0.576. The molecule has 1 atom stereocenters. The molecular formula is C14H28N2O2S. The molecule has 2 heterocycles. The van der Waals surface area contributed by atoms with E-state index in [2.05, 4.69) is 17.1 Å². The smallest absolute Gasteiger partial charge is 0.0546 e. The molecule has 1 N–H and O–H groups in total. The standard InChI is InChI=1S/C14H28N2O2S/c1-2-5-15-11-14(4-3-8-18-13-14)12-16-6-9-19(17)10-7-16/h15H,2-13H2,1H3. The van der Waals surface area contributed by atoms with E-state index >= 15 is 0 Å². The van der Waals surface area contributed by atoms with Crippen LogP contribution >= 0.6 is 0 Å². The van der Waals surface area contributed by atoms with Crippen molar-refractivity contribution in [1.82, 2.24) is 10.2 Å². The van der Waals surface area contributed by atoms with Crippen LogP contribution in [-0.4, -0.2) is 66.6 Å². The number of ether oxygens (including phenoxy) is 1. The Morgan fingerprint density at radius 3 is 2.79 bits per heavy atom. The zero-order chi connectivity index (χ0) is 13.6. The minimum atomic E-state index is -0.576. The van der Waals surface area contributed by atoms with Crippen LogP contribution in [0.15, 0.2) is 0 Å². The first kappa shape index (κ1) is 15.4. The Labute approximate surface area is 119 Å². The molecule has 0 aromatic carbocycles. The lowest BCUT2D eigenvalue weighted by molar-refractivity contribution is -0.0249. The number of nitrogens with zero attached hydrogens (tertiary/aromatic N) is 1. The minimum absolute atomic E-state index is 0.270. The Balaban J connectivity index is 1.87. The minimum Gasteiger partial charge on any atom is -0.381 e. The highest BCUT2D eigenvalue weighted by molar-refractivity contribution is 7.85. The third-order valence-electron chi connectivity index (χ3n) is 4.16. The van der Waals surface area contributed by atoms with E-state index in [0.29, 0.717) is 0 Å². The van der Waals surface area contributed by atoms with Crippen LogP contribution in [0.2, 0.25) is 0 Å². The maximum Gasteiger partial charge on any atom is 0.0546 e. The molecular weight excluding hydrogens is 260 g/mol. The summed E-state index contributed by atoms with van der Waals surface area (Å²) in [5.41, 5.74) is 0.270. The number of hydrogen-bond donors (Lipinski definition) is 1. The van der Waals surface area contributed by atoms with Gasteiger partial charge in [0, 0.05) is 60.5 Å². The molecule has 0 radical (unpaired) electrons. The highest BCUT2D eigenvalue weighted by Crippen LogP contribution is 2.29. The Bertz CT molecular complexity index is 283. The molecule has 0 aliphatic carbocycles. The van der Waals surface area contributed by atoms with Crippen LogP contribution in [0.4, 0.5) is 0 Å². The van der Waals surface area contributed by atoms with Crippen molar-refractivity contribution in [3.05, 3.63) is 0 Å². The van der Waals surface area contributed by atoms with Crippen molar-refractivity contribution in [2.45, 2.75) is 26.2 Å². The fourth-order valence-electron chi connectivity index (χ4n) is 3.07. The summed E-state index contributed by atoms with van der Waals surface area (Å²) in [6, 6.07) is 0. The third-order valence-corrected chi connectivity index (χ3v) is 5.44. The molecule has 112 valence electrons. The quantitative estimate of drug-likeness (QED) is 0.736. The highest BCUT2D eigenvalue weighted by atomic mass is 32.2. The maximum absolute atomic E-state index is 11.4. The number of hydrogen-bond acceptors (Lipinski definition) is 4. The largest absolute Gasteiger partial charge is 0.381 e. The lowest BCUT2D eigenvalue weighted by Gasteiger charge is -2.42. The Hall–Kier alpha value is 0.0300. The van der Waals surface area contributed by atoms with Crippen LogP contribution in [0.1, 0.15) is 26.2 Å². The topological polar surface area (TPSA) is 41.6 Å². The van der Waals surface area contributed by atoms with E-state index in [1.165, 1.54) is 19.3 Å². The first-order valence-corrected chi connectivity index (χ1v) is 9.09. The summed E-state index contributed by atoms with van der Waals surface area (Å²) in [5.74, 6) is 1.69. The van der Waals surface area contributed by atoms with Crippen molar-refractivity contribution in [2.75, 3.05) is 57.4 Å². The molecule has 2 fully saturated rings. The second kappa shape index (κ2) is 7.72. The fraction of sp³-hybridized carbons (Fsp3) is 1.00. The van der Waals surface area contributed by atoms with Crippen LogP contribution in [0.25, 0.3) is 0 Å². The van der Waals surface area contributed by atoms with Crippen molar-refractivity contribution in [3.63, 3.8) is 0 Å². The zero-order valence-electron chi connectivity index (χ0n) is 12.2. The van der Waals surface area contributed by atoms with Gasteiger partial charge in [-0.3, -0.25) is 4.21 Å². The van der Waals surface area contributed by atoms with Crippen molar-refractivity contribution < 1.29 is 8.95 Å². The highest BCUT2D eigenvalue weighted by Gasteiger charge is 2.35. The van der Waals surface area contributed by atoms with Crippen molar-refractivity contribution >= 4 is 10.8 Å². The van der Waals surface area contributed by atoms with Crippen LogP contribution in [-0.2, 0) is 15.5 Å². The molecule has 0 saturated carbocycles. The lowest BCUT2D eigenvalue weighted by atomic mass is 9.81. The molecule has 0 amide bonds. The molecule has 0 spiro atoms. The van der Waals surface area contributed by atoms with Gasteiger partial charge in [-0.15, -0.1) is 0 Å². The van der Waals surface area contributed by atoms with Gasteiger partial charge in [-0.25, -0.2) is 0 Å². The summed E-state index contributed by atoms with van der Waals surface area (Å²) >= 11 is 0. The first-order chi connectivity index (χ1) is 9.24. The van der Waals surface area contributed by atoms with Crippen molar-refractivity contribution in [2.24, 2.45) is 5.41 Å². The van der Waals surface area contributed by atoms with E-state index in [1.54, 1.807) is 0 Å². The molecule has 2 rings (SSSR count). The molecule has 1 unspecified atom stereocenters. The predicted octanol–water partition coefficient (Wildman–Crippen LogP) is 0.847. The van der Waals surface area contributed by atoms with Crippen LogP contribution in [0.3, 0.4) is 0 Å². The summed E-state index contributed by atoms with van der Waals surface area (Å²) in [4.78, 5) is 2.49. The second-order valence-corrected chi connectivity index (χ2v) is 7.65. The van der Waals surface area contributed by atoms with Crippen molar-refractivity contribution in [1.29, 1.82) is 0 Å².